The zero-order valence-electron chi connectivity index (χ0n) is 19.5. The lowest BCUT2D eigenvalue weighted by molar-refractivity contribution is -0.113. The third-order valence-electron chi connectivity index (χ3n) is 4.93. The van der Waals surface area contributed by atoms with E-state index in [2.05, 4.69) is 29.0 Å². The number of anilines is 1. The molecule has 0 aliphatic heterocycles. The maximum atomic E-state index is 12.6. The lowest BCUT2D eigenvalue weighted by Crippen LogP contribution is -2.16. The number of hydrogen-bond donors (Lipinski definition) is 1. The predicted octanol–water partition coefficient (Wildman–Crippen LogP) is 4.75. The average molecular weight is 501 g/mol. The van der Waals surface area contributed by atoms with Gasteiger partial charge < -0.3 is 14.8 Å². The monoisotopic (exact) mass is 500 g/mol. The fourth-order valence-electron chi connectivity index (χ4n) is 3.08. The number of hydrogen-bond acceptors (Lipinski definition) is 8. The number of aryl methyl sites for hydroxylation is 2. The summed E-state index contributed by atoms with van der Waals surface area (Å²) in [6.45, 7) is 8.63. The Labute approximate surface area is 207 Å². The number of nitrogens with one attached hydrogen (secondary N) is 1. The van der Waals surface area contributed by atoms with Gasteiger partial charge in [0.05, 0.1) is 18.4 Å². The van der Waals surface area contributed by atoms with Gasteiger partial charge in [-0.3, -0.25) is 9.36 Å². The van der Waals surface area contributed by atoms with Crippen LogP contribution in [0, 0.1) is 0 Å². The van der Waals surface area contributed by atoms with Crippen LogP contribution in [0.3, 0.4) is 0 Å². The molecule has 3 rings (SSSR count). The molecule has 3 aromatic rings. The Morgan fingerprint density at radius 1 is 1.21 bits per heavy atom. The van der Waals surface area contributed by atoms with Gasteiger partial charge in [0.15, 0.2) is 11.0 Å². The number of rotatable bonds is 12. The summed E-state index contributed by atoms with van der Waals surface area (Å²) in [6, 6.07) is 9.69. The molecule has 2 heterocycles. The van der Waals surface area contributed by atoms with E-state index in [1.807, 2.05) is 35.8 Å². The maximum Gasteiger partial charge on any atom is 0.340 e. The number of allylic oxidation sites excluding steroid dienone is 1. The largest absolute Gasteiger partial charge is 0.486 e. The summed E-state index contributed by atoms with van der Waals surface area (Å²) in [6.07, 6.45) is 3.48. The second kappa shape index (κ2) is 12.4. The summed E-state index contributed by atoms with van der Waals surface area (Å²) in [5.41, 5.74) is 1.61. The van der Waals surface area contributed by atoms with Crippen LogP contribution < -0.4 is 10.1 Å². The van der Waals surface area contributed by atoms with Crippen molar-refractivity contribution in [1.29, 1.82) is 0 Å². The van der Waals surface area contributed by atoms with Crippen molar-refractivity contribution in [2.45, 2.75) is 45.0 Å². The van der Waals surface area contributed by atoms with Crippen molar-refractivity contribution >= 4 is 40.0 Å². The standard InChI is InChI=1S/C24H28N4O4S2/c1-5-12-28-20(14-32-17-10-8-16(6-2)9-11-17)26-27-24(28)33-15-21(29)25-22-19(23(30)31-4)13-18(7-3)34-22/h5,8-11,13H,1,6-7,12,14-15H2,2-4H3,(H,25,29). The number of aromatic nitrogens is 3. The van der Waals surface area contributed by atoms with Crippen LogP contribution in [0.4, 0.5) is 5.00 Å². The van der Waals surface area contributed by atoms with Crippen LogP contribution in [0.15, 0.2) is 48.1 Å². The molecular weight excluding hydrogens is 472 g/mol. The first kappa shape index (κ1) is 25.5. The predicted molar refractivity (Wildman–Crippen MR) is 135 cm³/mol. The fourth-order valence-corrected chi connectivity index (χ4v) is 4.84. The van der Waals surface area contributed by atoms with Crippen molar-refractivity contribution in [3.05, 3.63) is 64.8 Å². The molecule has 0 saturated heterocycles. The molecule has 180 valence electrons. The second-order valence-corrected chi connectivity index (χ2v) is 9.30. The minimum absolute atomic E-state index is 0.106. The van der Waals surface area contributed by atoms with Crippen LogP contribution >= 0.6 is 23.1 Å². The van der Waals surface area contributed by atoms with Gasteiger partial charge in [-0.05, 0) is 36.6 Å². The molecule has 8 nitrogen and oxygen atoms in total. The second-order valence-electron chi connectivity index (χ2n) is 7.22. The van der Waals surface area contributed by atoms with Crippen molar-refractivity contribution in [3.63, 3.8) is 0 Å². The first-order valence-electron chi connectivity index (χ1n) is 10.9. The number of ether oxygens (including phenoxy) is 2. The van der Waals surface area contributed by atoms with Crippen LogP contribution in [-0.4, -0.2) is 39.5 Å². The Morgan fingerprint density at radius 2 is 1.97 bits per heavy atom. The number of thioether (sulfide) groups is 1. The van der Waals surface area contributed by atoms with E-state index in [9.17, 15) is 9.59 Å². The van der Waals surface area contributed by atoms with Gasteiger partial charge in [-0.15, -0.1) is 28.1 Å². The van der Waals surface area contributed by atoms with Crippen LogP contribution in [0.25, 0.3) is 0 Å². The van der Waals surface area contributed by atoms with E-state index in [1.54, 1.807) is 12.1 Å². The van der Waals surface area contributed by atoms with Crippen LogP contribution in [0.5, 0.6) is 5.75 Å². The number of esters is 1. The summed E-state index contributed by atoms with van der Waals surface area (Å²) in [5.74, 6) is 0.776. The minimum atomic E-state index is -0.474. The number of amides is 1. The number of thiophene rings is 1. The van der Waals surface area contributed by atoms with Crippen LogP contribution in [0.2, 0.25) is 0 Å². The van der Waals surface area contributed by atoms with E-state index >= 15 is 0 Å². The molecular formula is C24H28N4O4S2. The third kappa shape index (κ3) is 6.48. The highest BCUT2D eigenvalue weighted by Gasteiger charge is 2.19. The molecule has 0 aliphatic rings. The van der Waals surface area contributed by atoms with E-state index in [4.69, 9.17) is 9.47 Å². The SMILES string of the molecule is C=CCn1c(COc2ccc(CC)cc2)nnc1SCC(=O)Nc1sc(CC)cc1C(=O)OC. The smallest absolute Gasteiger partial charge is 0.340 e. The van der Waals surface area contributed by atoms with Crippen molar-refractivity contribution in [1.82, 2.24) is 14.8 Å². The molecule has 1 aromatic carbocycles. The van der Waals surface area contributed by atoms with Gasteiger partial charge in [-0.25, -0.2) is 4.79 Å². The molecule has 10 heteroatoms. The number of nitrogens with zero attached hydrogens (tertiary/aromatic N) is 3. The molecule has 34 heavy (non-hydrogen) atoms. The van der Waals surface area contributed by atoms with Crippen molar-refractivity contribution < 1.29 is 19.1 Å². The Bertz CT molecular complexity index is 1140. The normalized spacial score (nSPS) is 10.7. The van der Waals surface area contributed by atoms with Gasteiger partial charge in [0.2, 0.25) is 5.91 Å². The third-order valence-corrected chi connectivity index (χ3v) is 7.09. The summed E-state index contributed by atoms with van der Waals surface area (Å²) in [5, 5.41) is 12.4. The van der Waals surface area contributed by atoms with Gasteiger partial charge in [0.25, 0.3) is 0 Å². The summed E-state index contributed by atoms with van der Waals surface area (Å²) in [4.78, 5) is 25.6. The number of carbonyl (C=O) groups is 2. The lowest BCUT2D eigenvalue weighted by atomic mass is 10.2. The Hall–Kier alpha value is -3.11. The summed E-state index contributed by atoms with van der Waals surface area (Å²) >= 11 is 2.63. The van der Waals surface area contributed by atoms with Gasteiger partial charge in [0, 0.05) is 11.4 Å². The number of carbonyl (C=O) groups excluding carboxylic acids is 2. The maximum absolute atomic E-state index is 12.6. The highest BCUT2D eigenvalue weighted by Crippen LogP contribution is 2.29. The highest BCUT2D eigenvalue weighted by atomic mass is 32.2. The number of methoxy groups -OCH3 is 1. The zero-order valence-corrected chi connectivity index (χ0v) is 21.1. The first-order valence-corrected chi connectivity index (χ1v) is 12.7. The van der Waals surface area contributed by atoms with Crippen LogP contribution in [0.1, 0.15) is 40.5 Å². The molecule has 0 unspecified atom stereocenters. The first-order chi connectivity index (χ1) is 16.5. The minimum Gasteiger partial charge on any atom is -0.486 e. The van der Waals surface area contributed by atoms with Gasteiger partial charge in [0.1, 0.15) is 17.4 Å². The van der Waals surface area contributed by atoms with Crippen molar-refractivity contribution in [3.8, 4) is 5.75 Å². The topological polar surface area (TPSA) is 95.3 Å². The zero-order chi connectivity index (χ0) is 24.5. The molecule has 1 amide bonds. The lowest BCUT2D eigenvalue weighted by Gasteiger charge is -2.10. The molecule has 0 bridgehead atoms. The molecule has 0 atom stereocenters. The fraction of sp³-hybridized carbons (Fsp3) is 0.333. The van der Waals surface area contributed by atoms with E-state index in [0.29, 0.717) is 28.1 Å². The molecule has 0 spiro atoms. The number of benzene rings is 1. The summed E-state index contributed by atoms with van der Waals surface area (Å²) in [7, 11) is 1.32. The Morgan fingerprint density at radius 3 is 2.62 bits per heavy atom. The molecule has 1 N–H and O–H groups in total. The van der Waals surface area contributed by atoms with Gasteiger partial charge in [-0.1, -0.05) is 43.8 Å². The van der Waals surface area contributed by atoms with Crippen molar-refractivity contribution in [2.24, 2.45) is 0 Å². The van der Waals surface area contributed by atoms with E-state index in [1.165, 1.54) is 35.8 Å². The average Bonchev–Trinajstić information content (AvgIpc) is 3.45. The van der Waals surface area contributed by atoms with Gasteiger partial charge >= 0.3 is 5.97 Å². The Balaban J connectivity index is 1.63. The highest BCUT2D eigenvalue weighted by molar-refractivity contribution is 7.99. The van der Waals surface area contributed by atoms with E-state index in [0.717, 1.165) is 23.5 Å². The molecule has 2 aromatic heterocycles. The summed E-state index contributed by atoms with van der Waals surface area (Å²) < 4.78 is 12.6. The molecule has 0 fully saturated rings. The molecule has 0 aliphatic carbocycles. The quantitative estimate of drug-likeness (QED) is 0.218. The van der Waals surface area contributed by atoms with E-state index < -0.39 is 5.97 Å². The van der Waals surface area contributed by atoms with Crippen molar-refractivity contribution in [2.75, 3.05) is 18.2 Å². The van der Waals surface area contributed by atoms with Crippen LogP contribution in [-0.2, 0) is 35.5 Å². The van der Waals surface area contributed by atoms with Gasteiger partial charge in [-0.2, -0.15) is 0 Å². The van der Waals surface area contributed by atoms with E-state index in [-0.39, 0.29) is 18.3 Å². The molecule has 0 radical (unpaired) electrons. The Kier molecular flexibility index (Phi) is 9.29. The molecule has 0 saturated carbocycles.